The van der Waals surface area contributed by atoms with Crippen LogP contribution in [-0.4, -0.2) is 54.6 Å². The van der Waals surface area contributed by atoms with Gasteiger partial charge in [0.25, 0.3) is 0 Å². The van der Waals surface area contributed by atoms with E-state index in [2.05, 4.69) is 47.5 Å². The number of fused-ring (bicyclic) bond motifs is 2. The molecule has 6 rings (SSSR count). The maximum atomic E-state index is 6.16. The van der Waals surface area contributed by atoms with Gasteiger partial charge in [0.05, 0.1) is 23.5 Å². The predicted molar refractivity (Wildman–Crippen MR) is 158 cm³/mol. The van der Waals surface area contributed by atoms with Gasteiger partial charge < -0.3 is 20.7 Å². The number of para-hydroxylation sites is 1. The second-order valence-electron chi connectivity index (χ2n) is 11.1. The molecule has 1 aliphatic rings. The number of nitrogens with one attached hydrogen (secondary N) is 1. The minimum atomic E-state index is 0.110. The van der Waals surface area contributed by atoms with E-state index in [-0.39, 0.29) is 12.1 Å². The van der Waals surface area contributed by atoms with Crippen LogP contribution in [0.15, 0.2) is 54.9 Å². The second kappa shape index (κ2) is 10.8. The Hall–Kier alpha value is -4.18. The molecule has 0 amide bonds. The number of nitrogens with two attached hydrogens (primary N) is 1. The first-order chi connectivity index (χ1) is 19.4. The van der Waals surface area contributed by atoms with Crippen LogP contribution in [0.25, 0.3) is 22.2 Å². The molecule has 3 N–H and O–H groups in total. The van der Waals surface area contributed by atoms with E-state index in [0.717, 1.165) is 71.0 Å². The number of nitrogens with zero attached hydrogens (tertiary/aromatic N) is 7. The topological polar surface area (TPSA) is 111 Å². The molecule has 5 aromatic rings. The van der Waals surface area contributed by atoms with E-state index in [0.29, 0.717) is 18.4 Å². The van der Waals surface area contributed by atoms with E-state index in [1.54, 1.807) is 0 Å². The minimum Gasteiger partial charge on any atom is -0.491 e. The monoisotopic (exact) mass is 539 g/mol. The molecule has 10 heteroatoms. The third-order valence-corrected chi connectivity index (χ3v) is 7.35. The third-order valence-electron chi connectivity index (χ3n) is 7.35. The molecule has 0 atom stereocenters. The summed E-state index contributed by atoms with van der Waals surface area (Å²) in [6.07, 6.45) is 5.93. The highest BCUT2D eigenvalue weighted by Crippen LogP contribution is 2.26. The van der Waals surface area contributed by atoms with Gasteiger partial charge in [0.1, 0.15) is 5.75 Å². The van der Waals surface area contributed by atoms with E-state index in [4.69, 9.17) is 25.5 Å². The van der Waals surface area contributed by atoms with Crippen molar-refractivity contribution in [3.8, 4) is 11.4 Å². The Bertz CT molecular complexity index is 1630. The van der Waals surface area contributed by atoms with Gasteiger partial charge in [0.2, 0.25) is 11.9 Å². The summed E-state index contributed by atoms with van der Waals surface area (Å²) >= 11 is 0. The Balaban J connectivity index is 1.32. The van der Waals surface area contributed by atoms with Crippen molar-refractivity contribution in [1.29, 1.82) is 0 Å². The smallest absolute Gasteiger partial charge is 0.230 e. The van der Waals surface area contributed by atoms with Crippen molar-refractivity contribution in [2.75, 3.05) is 23.3 Å². The van der Waals surface area contributed by atoms with Crippen LogP contribution in [0.2, 0.25) is 0 Å². The van der Waals surface area contributed by atoms with Crippen molar-refractivity contribution in [3.05, 3.63) is 66.0 Å². The summed E-state index contributed by atoms with van der Waals surface area (Å²) in [7, 11) is 0. The highest BCUT2D eigenvalue weighted by atomic mass is 16.5. The number of hydrogen-bond acceptors (Lipinski definition) is 8. The number of benzene rings is 2. The van der Waals surface area contributed by atoms with Gasteiger partial charge in [-0.2, -0.15) is 24.7 Å². The number of rotatable bonds is 8. The molecule has 10 nitrogen and oxygen atoms in total. The summed E-state index contributed by atoms with van der Waals surface area (Å²) < 4.78 is 9.62. The lowest BCUT2D eigenvalue weighted by Crippen LogP contribution is -2.40. The molecule has 40 heavy (non-hydrogen) atoms. The molecule has 1 aliphatic heterocycles. The van der Waals surface area contributed by atoms with Crippen LogP contribution in [0.4, 0.5) is 11.9 Å². The SMILES string of the molecule is CC(C)Oc1ccc2cn(-c3ccccc3CNc3nc(N4CCC(N)CC4)nc4c(C(C)C)cnn34)nc2c1. The zero-order valence-electron chi connectivity index (χ0n) is 23.6. The maximum Gasteiger partial charge on any atom is 0.230 e. The van der Waals surface area contributed by atoms with Crippen LogP contribution in [-0.2, 0) is 6.54 Å². The Morgan fingerprint density at radius 2 is 1.85 bits per heavy atom. The Labute approximate surface area is 234 Å². The molecular weight excluding hydrogens is 502 g/mol. The fraction of sp³-hybridized carbons (Fsp3) is 0.400. The van der Waals surface area contributed by atoms with Crippen molar-refractivity contribution in [3.63, 3.8) is 0 Å². The highest BCUT2D eigenvalue weighted by Gasteiger charge is 2.22. The third kappa shape index (κ3) is 5.19. The summed E-state index contributed by atoms with van der Waals surface area (Å²) in [6.45, 7) is 10.6. The van der Waals surface area contributed by atoms with Crippen molar-refractivity contribution >= 4 is 28.4 Å². The first-order valence-electron chi connectivity index (χ1n) is 14.1. The van der Waals surface area contributed by atoms with Gasteiger partial charge in [-0.25, -0.2) is 4.68 Å². The van der Waals surface area contributed by atoms with E-state index in [1.165, 1.54) is 0 Å². The number of hydrogen-bond donors (Lipinski definition) is 2. The maximum absolute atomic E-state index is 6.16. The molecule has 2 aromatic carbocycles. The van der Waals surface area contributed by atoms with E-state index in [1.807, 2.05) is 59.6 Å². The molecule has 3 aromatic heterocycles. The number of anilines is 2. The predicted octanol–water partition coefficient (Wildman–Crippen LogP) is 4.91. The lowest BCUT2D eigenvalue weighted by molar-refractivity contribution is 0.242. The van der Waals surface area contributed by atoms with Gasteiger partial charge in [-0.05, 0) is 56.4 Å². The van der Waals surface area contributed by atoms with E-state index < -0.39 is 0 Å². The quantitative estimate of drug-likeness (QED) is 0.286. The summed E-state index contributed by atoms with van der Waals surface area (Å²) in [4.78, 5) is 12.1. The summed E-state index contributed by atoms with van der Waals surface area (Å²) in [5.41, 5.74) is 11.1. The Morgan fingerprint density at radius 1 is 1.05 bits per heavy atom. The minimum absolute atomic E-state index is 0.110. The first kappa shape index (κ1) is 26.1. The molecule has 1 fully saturated rings. The van der Waals surface area contributed by atoms with Gasteiger partial charge in [-0.15, -0.1) is 0 Å². The second-order valence-corrected chi connectivity index (χ2v) is 11.1. The van der Waals surface area contributed by atoms with Gasteiger partial charge in [0.15, 0.2) is 5.65 Å². The van der Waals surface area contributed by atoms with Crippen LogP contribution < -0.4 is 20.7 Å². The summed E-state index contributed by atoms with van der Waals surface area (Å²) in [5.74, 6) is 2.50. The zero-order valence-corrected chi connectivity index (χ0v) is 23.6. The lowest BCUT2D eigenvalue weighted by Gasteiger charge is -2.30. The van der Waals surface area contributed by atoms with Crippen LogP contribution in [0.1, 0.15) is 57.6 Å². The molecule has 0 radical (unpaired) electrons. The zero-order chi connectivity index (χ0) is 27.8. The normalized spacial score (nSPS) is 14.6. The van der Waals surface area contributed by atoms with Crippen molar-refractivity contribution in [2.24, 2.45) is 5.73 Å². The molecule has 208 valence electrons. The number of aromatic nitrogens is 6. The average molecular weight is 540 g/mol. The van der Waals surface area contributed by atoms with Crippen molar-refractivity contribution in [2.45, 2.75) is 65.1 Å². The molecule has 0 unspecified atom stereocenters. The van der Waals surface area contributed by atoms with Crippen molar-refractivity contribution < 1.29 is 4.74 Å². The molecule has 0 saturated carbocycles. The number of piperidine rings is 1. The summed E-state index contributed by atoms with van der Waals surface area (Å²) in [5, 5.41) is 14.1. The van der Waals surface area contributed by atoms with Gasteiger partial charge >= 0.3 is 0 Å². The largest absolute Gasteiger partial charge is 0.491 e. The van der Waals surface area contributed by atoms with Gasteiger partial charge in [-0.1, -0.05) is 32.0 Å². The van der Waals surface area contributed by atoms with Crippen LogP contribution >= 0.6 is 0 Å². The van der Waals surface area contributed by atoms with Crippen LogP contribution in [0.3, 0.4) is 0 Å². The van der Waals surface area contributed by atoms with Crippen molar-refractivity contribution in [1.82, 2.24) is 29.4 Å². The molecule has 4 heterocycles. The Morgan fingerprint density at radius 3 is 2.62 bits per heavy atom. The molecule has 0 aliphatic carbocycles. The van der Waals surface area contributed by atoms with Crippen LogP contribution in [0.5, 0.6) is 5.75 Å². The fourth-order valence-electron chi connectivity index (χ4n) is 5.17. The fourth-order valence-corrected chi connectivity index (χ4v) is 5.17. The lowest BCUT2D eigenvalue weighted by atomic mass is 10.1. The van der Waals surface area contributed by atoms with Gasteiger partial charge in [0, 0.05) is 48.9 Å². The molecule has 0 bridgehead atoms. The van der Waals surface area contributed by atoms with E-state index in [9.17, 15) is 0 Å². The standard InChI is InChI=1S/C30H37N9O/c1-19(2)25-17-33-39-28(25)34-30(37-13-11-23(31)12-14-37)35-29(39)32-16-21-7-5-6-8-27(21)38-18-22-9-10-24(40-20(3)4)15-26(22)36-38/h5-10,15,17-20,23H,11-14,16,31H2,1-4H3,(H,32,34,35). The average Bonchev–Trinajstić information content (AvgIpc) is 3.56. The molecule has 0 spiro atoms. The first-order valence-corrected chi connectivity index (χ1v) is 14.1. The number of ether oxygens (including phenoxy) is 1. The Kier molecular flexibility index (Phi) is 7.02. The van der Waals surface area contributed by atoms with Crippen LogP contribution in [0, 0.1) is 0 Å². The molecule has 1 saturated heterocycles. The highest BCUT2D eigenvalue weighted by molar-refractivity contribution is 5.80. The molecular formula is C30H37N9O. The summed E-state index contributed by atoms with van der Waals surface area (Å²) in [6, 6.07) is 14.5. The van der Waals surface area contributed by atoms with E-state index >= 15 is 0 Å². The van der Waals surface area contributed by atoms with Gasteiger partial charge in [-0.3, -0.25) is 0 Å².